The zero-order valence-electron chi connectivity index (χ0n) is 50.1. The van der Waals surface area contributed by atoms with Crippen LogP contribution in [0.4, 0.5) is 0 Å². The molecule has 0 aliphatic carbocycles. The second-order valence-corrected chi connectivity index (χ2v) is 22.0. The third-order valence-corrected chi connectivity index (χ3v) is 14.5. The van der Waals surface area contributed by atoms with Crippen LogP contribution in [0.1, 0.15) is 342 Å². The smallest absolute Gasteiger partial charge is 0.306 e. The van der Waals surface area contributed by atoms with E-state index in [-0.39, 0.29) is 31.1 Å². The molecule has 0 bridgehead atoms. The Balaban J connectivity index is 4.40. The number of carbonyl (C=O) groups is 3. The van der Waals surface area contributed by atoms with Crippen molar-refractivity contribution in [3.63, 3.8) is 0 Å². The Kier molecular flexibility index (Phi) is 61.2. The lowest BCUT2D eigenvalue weighted by atomic mass is 10.0. The van der Waals surface area contributed by atoms with Gasteiger partial charge in [0.2, 0.25) is 0 Å². The number of allylic oxidation sites excluding steroid dienone is 10. The van der Waals surface area contributed by atoms with Gasteiger partial charge in [0.1, 0.15) is 13.2 Å². The van der Waals surface area contributed by atoms with Gasteiger partial charge in [-0.1, -0.05) is 293 Å². The van der Waals surface area contributed by atoms with Gasteiger partial charge in [0.25, 0.3) is 0 Å². The van der Waals surface area contributed by atoms with Gasteiger partial charge in [-0.3, -0.25) is 14.4 Å². The molecule has 75 heavy (non-hydrogen) atoms. The average molecular weight is 1050 g/mol. The third-order valence-electron chi connectivity index (χ3n) is 14.5. The molecule has 436 valence electrons. The molecule has 0 aromatic carbocycles. The molecule has 0 saturated carbocycles. The van der Waals surface area contributed by atoms with E-state index in [0.29, 0.717) is 19.3 Å². The zero-order valence-corrected chi connectivity index (χ0v) is 50.1. The van der Waals surface area contributed by atoms with Crippen molar-refractivity contribution in [1.82, 2.24) is 0 Å². The van der Waals surface area contributed by atoms with Crippen LogP contribution in [0.15, 0.2) is 60.8 Å². The van der Waals surface area contributed by atoms with E-state index in [1.165, 1.54) is 218 Å². The van der Waals surface area contributed by atoms with Gasteiger partial charge in [0.05, 0.1) is 0 Å². The highest BCUT2D eigenvalue weighted by Gasteiger charge is 2.19. The Morgan fingerprint density at radius 3 is 0.800 bits per heavy atom. The van der Waals surface area contributed by atoms with Crippen molar-refractivity contribution < 1.29 is 28.6 Å². The second kappa shape index (κ2) is 63.6. The Labute approximate surface area is 466 Å². The molecule has 6 nitrogen and oxygen atoms in total. The van der Waals surface area contributed by atoms with Gasteiger partial charge in [0.15, 0.2) is 6.10 Å². The quantitative estimate of drug-likeness (QED) is 0.0261. The summed E-state index contributed by atoms with van der Waals surface area (Å²) in [5.74, 6) is -0.897. The summed E-state index contributed by atoms with van der Waals surface area (Å²) in [6, 6.07) is 0. The molecule has 0 aromatic rings. The maximum absolute atomic E-state index is 12.9. The van der Waals surface area contributed by atoms with Gasteiger partial charge in [-0.25, -0.2) is 0 Å². The summed E-state index contributed by atoms with van der Waals surface area (Å²) in [4.78, 5) is 38.4. The number of hydrogen-bond donors (Lipinski definition) is 0. The van der Waals surface area contributed by atoms with Crippen molar-refractivity contribution in [3.05, 3.63) is 60.8 Å². The topological polar surface area (TPSA) is 78.9 Å². The van der Waals surface area contributed by atoms with Crippen molar-refractivity contribution in [2.24, 2.45) is 0 Å². The molecule has 0 heterocycles. The standard InChI is InChI=1S/C69H124O6/c1-4-7-10-13-16-19-22-25-28-31-34-37-40-43-46-49-52-55-58-61-67(70)73-64-66(75-69(72)63-60-57-54-51-48-45-42-39-36-33-30-27-24-21-18-15-12-9-6-3)65-74-68(71)62-59-56-53-50-47-44-41-38-35-32-29-26-23-20-17-14-11-8-5-2/h18,21,25,27-28,30,36,39,45,48,66H,4-17,19-20,22-24,26,29,31-35,37-38,40-44,46-47,49-65H2,1-3H3/b21-18-,28-25-,30-27-,39-36-,48-45-/t66-/m1/s1. The predicted molar refractivity (Wildman–Crippen MR) is 325 cm³/mol. The van der Waals surface area contributed by atoms with Crippen molar-refractivity contribution in [1.29, 1.82) is 0 Å². The van der Waals surface area contributed by atoms with Gasteiger partial charge in [-0.05, 0) is 89.9 Å². The van der Waals surface area contributed by atoms with Crippen molar-refractivity contribution >= 4 is 17.9 Å². The molecule has 0 spiro atoms. The highest BCUT2D eigenvalue weighted by Crippen LogP contribution is 2.17. The van der Waals surface area contributed by atoms with Crippen molar-refractivity contribution in [2.45, 2.75) is 348 Å². The summed E-state index contributed by atoms with van der Waals surface area (Å²) >= 11 is 0. The lowest BCUT2D eigenvalue weighted by molar-refractivity contribution is -0.167. The third kappa shape index (κ3) is 61.8. The van der Waals surface area contributed by atoms with Crippen LogP contribution in [-0.4, -0.2) is 37.2 Å². The van der Waals surface area contributed by atoms with E-state index in [2.05, 4.69) is 81.5 Å². The molecular formula is C69H124O6. The largest absolute Gasteiger partial charge is 0.462 e. The van der Waals surface area contributed by atoms with Gasteiger partial charge in [-0.2, -0.15) is 0 Å². The van der Waals surface area contributed by atoms with Gasteiger partial charge in [-0.15, -0.1) is 0 Å². The number of carbonyl (C=O) groups excluding carboxylic acids is 3. The minimum absolute atomic E-state index is 0.0843. The van der Waals surface area contributed by atoms with Gasteiger partial charge >= 0.3 is 17.9 Å². The Hall–Kier alpha value is -2.89. The van der Waals surface area contributed by atoms with Crippen LogP contribution in [0.5, 0.6) is 0 Å². The molecule has 0 radical (unpaired) electrons. The molecule has 0 fully saturated rings. The molecular weight excluding hydrogens is 925 g/mol. The van der Waals surface area contributed by atoms with Crippen LogP contribution in [0, 0.1) is 0 Å². The maximum Gasteiger partial charge on any atom is 0.306 e. The normalized spacial score (nSPS) is 12.4. The number of esters is 3. The molecule has 0 N–H and O–H groups in total. The maximum atomic E-state index is 12.9. The van der Waals surface area contributed by atoms with Crippen LogP contribution >= 0.6 is 0 Å². The van der Waals surface area contributed by atoms with E-state index in [0.717, 1.165) is 83.5 Å². The zero-order chi connectivity index (χ0) is 54.3. The van der Waals surface area contributed by atoms with Gasteiger partial charge in [0, 0.05) is 19.3 Å². The number of ether oxygens (including phenoxy) is 3. The van der Waals surface area contributed by atoms with E-state index in [4.69, 9.17) is 14.2 Å². The van der Waals surface area contributed by atoms with Crippen LogP contribution in [-0.2, 0) is 28.6 Å². The van der Waals surface area contributed by atoms with E-state index < -0.39 is 6.10 Å². The lowest BCUT2D eigenvalue weighted by Crippen LogP contribution is -2.30. The number of hydrogen-bond acceptors (Lipinski definition) is 6. The molecule has 0 rings (SSSR count). The molecule has 0 aliphatic heterocycles. The highest BCUT2D eigenvalue weighted by atomic mass is 16.6. The van der Waals surface area contributed by atoms with E-state index >= 15 is 0 Å². The fourth-order valence-corrected chi connectivity index (χ4v) is 9.54. The summed E-state index contributed by atoms with van der Waals surface area (Å²) in [6.07, 6.45) is 80.8. The molecule has 0 amide bonds. The van der Waals surface area contributed by atoms with E-state index in [1.54, 1.807) is 0 Å². The molecule has 0 saturated heterocycles. The minimum Gasteiger partial charge on any atom is -0.462 e. The fourth-order valence-electron chi connectivity index (χ4n) is 9.54. The first-order chi connectivity index (χ1) is 37.0. The molecule has 0 unspecified atom stereocenters. The molecule has 0 aromatic heterocycles. The number of unbranched alkanes of at least 4 members (excludes halogenated alkanes) is 39. The first kappa shape index (κ1) is 72.1. The Morgan fingerprint density at radius 2 is 0.480 bits per heavy atom. The van der Waals surface area contributed by atoms with Crippen molar-refractivity contribution in [3.8, 4) is 0 Å². The number of rotatable bonds is 60. The van der Waals surface area contributed by atoms with Crippen LogP contribution in [0.2, 0.25) is 0 Å². The summed E-state index contributed by atoms with van der Waals surface area (Å²) in [5, 5.41) is 0. The molecule has 6 heteroatoms. The van der Waals surface area contributed by atoms with E-state index in [9.17, 15) is 14.4 Å². The SMILES string of the molecule is CCCCC/C=C\C/C=C\C/C=C\C/C=C\CCCCCC(=O)O[C@H](COC(=O)CCCCCCCCCCC/C=C\CCCCCCCC)COC(=O)CCCCCCCCCCCCCCCCCCCCC. The van der Waals surface area contributed by atoms with Crippen LogP contribution < -0.4 is 0 Å². The van der Waals surface area contributed by atoms with Crippen LogP contribution in [0.25, 0.3) is 0 Å². The van der Waals surface area contributed by atoms with Crippen LogP contribution in [0.3, 0.4) is 0 Å². The summed E-state index contributed by atoms with van der Waals surface area (Å²) in [5.41, 5.74) is 0. The Bertz CT molecular complexity index is 1340. The fraction of sp³-hybridized carbons (Fsp3) is 0.812. The Morgan fingerprint density at radius 1 is 0.267 bits per heavy atom. The molecule has 0 aliphatic rings. The van der Waals surface area contributed by atoms with Gasteiger partial charge < -0.3 is 14.2 Å². The first-order valence-corrected chi connectivity index (χ1v) is 32.8. The summed E-state index contributed by atoms with van der Waals surface area (Å²) < 4.78 is 16.9. The first-order valence-electron chi connectivity index (χ1n) is 32.8. The minimum atomic E-state index is -0.791. The lowest BCUT2D eigenvalue weighted by Gasteiger charge is -2.18. The summed E-state index contributed by atoms with van der Waals surface area (Å²) in [7, 11) is 0. The second-order valence-electron chi connectivity index (χ2n) is 22.0. The highest BCUT2D eigenvalue weighted by molar-refractivity contribution is 5.71. The van der Waals surface area contributed by atoms with E-state index in [1.807, 2.05) is 0 Å². The average Bonchev–Trinajstić information content (AvgIpc) is 3.41. The predicted octanol–water partition coefficient (Wildman–Crippen LogP) is 22.3. The van der Waals surface area contributed by atoms with Crippen molar-refractivity contribution in [2.75, 3.05) is 13.2 Å². The molecule has 1 atom stereocenters. The summed E-state index contributed by atoms with van der Waals surface area (Å²) in [6.45, 7) is 6.63. The monoisotopic (exact) mass is 1050 g/mol.